The second-order valence-electron chi connectivity index (χ2n) is 27.6. The van der Waals surface area contributed by atoms with E-state index in [1.807, 2.05) is 194 Å². The van der Waals surface area contributed by atoms with E-state index in [9.17, 15) is 4.79 Å². The van der Waals surface area contributed by atoms with Crippen molar-refractivity contribution in [2.45, 2.75) is 151 Å². The van der Waals surface area contributed by atoms with Crippen molar-refractivity contribution < 1.29 is 90.3 Å². The van der Waals surface area contributed by atoms with E-state index in [2.05, 4.69) is 10.0 Å². The normalized spacial score (nSPS) is 26.4. The van der Waals surface area contributed by atoms with E-state index in [0.29, 0.717) is 41.7 Å². The lowest BCUT2D eigenvalue weighted by atomic mass is 9.92. The summed E-state index contributed by atoms with van der Waals surface area (Å²) in [5.41, 5.74) is 13.2. The first-order chi connectivity index (χ1) is 54.0. The van der Waals surface area contributed by atoms with Gasteiger partial charge in [0.25, 0.3) is 23.6 Å². The van der Waals surface area contributed by atoms with Gasteiger partial charge in [-0.25, -0.2) is 0 Å². The number of amides is 4. The fraction of sp³-hybridized carbons (Fsp3) is 0.337. The number of rotatable bonds is 31. The van der Waals surface area contributed by atoms with Gasteiger partial charge in [0.1, 0.15) is 66.7 Å². The fourth-order valence-corrected chi connectivity index (χ4v) is 15.1. The zero-order valence-electron chi connectivity index (χ0n) is 60.3. The molecule has 566 valence electrons. The number of nitrogens with zero attached hydrogens (tertiary/aromatic N) is 5. The summed E-state index contributed by atoms with van der Waals surface area (Å²) >= 11 is 0. The van der Waals surface area contributed by atoms with Gasteiger partial charge in [-0.3, -0.25) is 33.8 Å². The lowest BCUT2D eigenvalue weighted by molar-refractivity contribution is -0.388. The van der Waals surface area contributed by atoms with Crippen LogP contribution < -0.4 is 4.74 Å². The molecule has 24 nitrogen and oxygen atoms in total. The quantitative estimate of drug-likeness (QED) is 0.00975. The van der Waals surface area contributed by atoms with Crippen molar-refractivity contribution in [2.24, 2.45) is 5.11 Å². The van der Waals surface area contributed by atoms with E-state index in [1.54, 1.807) is 48.5 Å². The number of unbranched alkanes of at least 4 members (excludes halogenated alkanes) is 2. The minimum atomic E-state index is -1.81. The zero-order chi connectivity index (χ0) is 75.3. The van der Waals surface area contributed by atoms with E-state index in [1.165, 1.54) is 6.92 Å². The number of imide groups is 2. The summed E-state index contributed by atoms with van der Waals surface area (Å²) in [5.74, 6) is -3.12. The molecule has 15 rings (SSSR count). The molecule has 4 fully saturated rings. The van der Waals surface area contributed by atoms with E-state index in [4.69, 9.17) is 71.8 Å². The fourth-order valence-electron chi connectivity index (χ4n) is 15.1. The minimum Gasteiger partial charge on any atom is -0.483 e. The largest absolute Gasteiger partial charge is 0.483 e. The van der Waals surface area contributed by atoms with Crippen LogP contribution in [0.25, 0.3) is 21.2 Å². The van der Waals surface area contributed by atoms with Crippen molar-refractivity contribution >= 4 is 40.4 Å². The van der Waals surface area contributed by atoms with E-state index >= 15 is 19.2 Å². The molecule has 0 bridgehead atoms. The molecule has 0 spiro atoms. The standard InChI is InChI=1S/C86H83N5O19/c1-54(92)103-78-77(104-62-43-42-59-34-18-19-37-61(59)46-62)74-69(53-102-83(108-74)60-35-16-6-17-36-60)107-86(78)110-73-68(52-98-48-56-28-10-3-11-29-56)106-85(71(76(73)101-50-58-32-14-5-15-33-58)91-81(95)65-40-22-23-41-66(65)82(91)96)109-72-67(51-97-47-55-26-8-2-9-27-55)105-84(99-45-25-7-24-44-88-89-87)70(75(72)100-49-57-30-12-4-13-31-57)90-79(93)63-38-20-21-39-64(63)80(90)94/h2-6,8-23,26-43,46,67-78,83-86H,7,24-25,44-45,47-53H2,1H3/t67-,68-,69-,70-,71-,72-,73-,74-,75-,76-,77+,78+,83?,84-,85+,86+/m1/s1. The maximum atomic E-state index is 15.9. The van der Waals surface area contributed by atoms with Crippen molar-refractivity contribution in [1.82, 2.24) is 9.80 Å². The van der Waals surface area contributed by atoms with E-state index in [0.717, 1.165) is 31.7 Å². The van der Waals surface area contributed by atoms with Crippen molar-refractivity contribution in [2.75, 3.05) is 33.0 Å². The third kappa shape index (κ3) is 17.0. The molecular weight excluding hydrogens is 1410 g/mol. The second kappa shape index (κ2) is 35.5. The van der Waals surface area contributed by atoms with Gasteiger partial charge < -0.3 is 66.3 Å². The molecular formula is C86H83N5O19. The average molecular weight is 1490 g/mol. The Kier molecular flexibility index (Phi) is 24.2. The number of ether oxygens (including phenoxy) is 14. The molecule has 0 saturated carbocycles. The molecule has 4 saturated heterocycles. The first-order valence-corrected chi connectivity index (χ1v) is 37.1. The van der Waals surface area contributed by atoms with Gasteiger partial charge in [0.15, 0.2) is 37.4 Å². The first kappa shape index (κ1) is 75.1. The Labute approximate surface area is 635 Å². The van der Waals surface area contributed by atoms with Crippen molar-refractivity contribution in [1.29, 1.82) is 0 Å². The van der Waals surface area contributed by atoms with Gasteiger partial charge in [0.2, 0.25) is 0 Å². The van der Waals surface area contributed by atoms with Gasteiger partial charge in [-0.1, -0.05) is 218 Å². The van der Waals surface area contributed by atoms with Crippen LogP contribution in [0, 0.1) is 0 Å². The van der Waals surface area contributed by atoms with Gasteiger partial charge in [-0.05, 0) is 87.8 Å². The molecule has 0 N–H and O–H groups in total. The molecule has 1 unspecified atom stereocenters. The Bertz CT molecular complexity index is 4610. The van der Waals surface area contributed by atoms with E-state index < -0.39 is 128 Å². The molecule has 6 heterocycles. The van der Waals surface area contributed by atoms with Gasteiger partial charge in [0, 0.05) is 30.6 Å². The minimum absolute atomic E-state index is 0.0405. The number of esters is 1. The van der Waals surface area contributed by atoms with Crippen LogP contribution in [0.1, 0.15) is 102 Å². The summed E-state index contributed by atoms with van der Waals surface area (Å²) in [7, 11) is 0. The Hall–Kier alpha value is -10.4. The summed E-state index contributed by atoms with van der Waals surface area (Å²) in [6, 6.07) is 70.1. The molecule has 24 heteroatoms. The lowest BCUT2D eigenvalue weighted by Crippen LogP contribution is -2.72. The molecule has 9 aromatic rings. The highest BCUT2D eigenvalue weighted by Gasteiger charge is 2.62. The monoisotopic (exact) mass is 1490 g/mol. The van der Waals surface area contributed by atoms with E-state index in [-0.39, 0.29) is 81.7 Å². The maximum absolute atomic E-state index is 15.9. The second-order valence-corrected chi connectivity index (χ2v) is 27.6. The molecule has 4 amide bonds. The topological polar surface area (TPSA) is 270 Å². The number of azide groups is 1. The van der Waals surface area contributed by atoms with Gasteiger partial charge in [0.05, 0.1) is 68.5 Å². The summed E-state index contributed by atoms with van der Waals surface area (Å²) in [6.07, 6.45) is -17.4. The molecule has 6 aliphatic rings. The van der Waals surface area contributed by atoms with Gasteiger partial charge >= 0.3 is 5.97 Å². The first-order valence-electron chi connectivity index (χ1n) is 37.1. The molecule has 0 aliphatic carbocycles. The van der Waals surface area contributed by atoms with Crippen LogP contribution in [-0.4, -0.2) is 164 Å². The smallest absolute Gasteiger partial charge is 0.303 e. The molecule has 6 aliphatic heterocycles. The highest BCUT2D eigenvalue weighted by Crippen LogP contribution is 2.44. The Morgan fingerprint density at radius 3 is 1.45 bits per heavy atom. The molecule has 0 aromatic heterocycles. The van der Waals surface area contributed by atoms with Crippen LogP contribution in [0.3, 0.4) is 0 Å². The van der Waals surface area contributed by atoms with Crippen LogP contribution in [0.5, 0.6) is 5.75 Å². The van der Waals surface area contributed by atoms with Crippen LogP contribution in [0.2, 0.25) is 0 Å². The summed E-state index contributed by atoms with van der Waals surface area (Å²) < 4.78 is 99.1. The van der Waals surface area contributed by atoms with Crippen LogP contribution in [0.15, 0.2) is 248 Å². The number of carbonyl (C=O) groups is 5. The van der Waals surface area contributed by atoms with Crippen LogP contribution in [0.4, 0.5) is 0 Å². The summed E-state index contributed by atoms with van der Waals surface area (Å²) in [6.45, 7) is 0.751. The Balaban J connectivity index is 0.882. The highest BCUT2D eigenvalue weighted by molar-refractivity contribution is 6.22. The molecule has 16 atom stereocenters. The molecule has 0 radical (unpaired) electrons. The number of benzene rings is 9. The number of fused-ring (bicyclic) bond motifs is 4. The number of hydrogen-bond acceptors (Lipinski definition) is 20. The Morgan fingerprint density at radius 2 is 0.927 bits per heavy atom. The van der Waals surface area contributed by atoms with Crippen molar-refractivity contribution in [3.8, 4) is 5.75 Å². The number of hydrogen-bond donors (Lipinski definition) is 0. The molecule has 110 heavy (non-hydrogen) atoms. The predicted octanol–water partition coefficient (Wildman–Crippen LogP) is 13.0. The average Bonchev–Trinajstić information content (AvgIpc) is 1.55. The van der Waals surface area contributed by atoms with Crippen LogP contribution >= 0.6 is 0 Å². The third-order valence-electron chi connectivity index (χ3n) is 20.3. The third-order valence-corrected chi connectivity index (χ3v) is 20.3. The van der Waals surface area contributed by atoms with Crippen LogP contribution in [-0.2, 0) is 92.8 Å². The SMILES string of the molecule is CC(=O)O[C@@H]1[C@H](O[C@H]2[C@H](OCc3ccccc3)[C@@H](N3C(=O)c4ccccc4C3=O)[C@H](O[C@H]3[C@H](OCc4ccccc4)[C@@H](N4C(=O)c5ccccc5C4=O)[C@H](OCCCCCN=[N+]=[N-])O[C@@H]3COCc3ccccc3)O[C@@H]2COCc2ccccc2)O[C@@H]2COC(c3ccccc3)O[C@H]2[C@@H]1Oc1ccc2ccccc2c1. The van der Waals surface area contributed by atoms with Gasteiger partial charge in [-0.15, -0.1) is 0 Å². The zero-order valence-corrected chi connectivity index (χ0v) is 60.3. The summed E-state index contributed by atoms with van der Waals surface area (Å²) in [4.78, 5) is 81.6. The lowest BCUT2D eigenvalue weighted by Gasteiger charge is -2.53. The number of carbonyl (C=O) groups excluding carboxylic acids is 5. The van der Waals surface area contributed by atoms with Crippen molar-refractivity contribution in [3.63, 3.8) is 0 Å². The van der Waals surface area contributed by atoms with Gasteiger partial charge in [-0.2, -0.15) is 0 Å². The highest BCUT2D eigenvalue weighted by atomic mass is 16.8. The predicted molar refractivity (Wildman–Crippen MR) is 397 cm³/mol. The van der Waals surface area contributed by atoms with Crippen molar-refractivity contribution in [3.05, 3.63) is 303 Å². The maximum Gasteiger partial charge on any atom is 0.303 e. The summed E-state index contributed by atoms with van der Waals surface area (Å²) in [5, 5.41) is 5.53. The molecule has 9 aromatic carbocycles. The Morgan fingerprint density at radius 1 is 0.464 bits per heavy atom.